The summed E-state index contributed by atoms with van der Waals surface area (Å²) in [5.74, 6) is -0.259. The van der Waals surface area contributed by atoms with Gasteiger partial charge in [0.1, 0.15) is 0 Å². The van der Waals surface area contributed by atoms with E-state index in [1.807, 2.05) is 20.8 Å². The molecule has 1 aromatic carbocycles. The first-order valence-electron chi connectivity index (χ1n) is 7.74. The van der Waals surface area contributed by atoms with Crippen LogP contribution in [0.15, 0.2) is 29.2 Å². The van der Waals surface area contributed by atoms with Crippen molar-refractivity contribution in [2.24, 2.45) is 5.73 Å². The molecule has 1 amide bonds. The molecule has 0 spiro atoms. The summed E-state index contributed by atoms with van der Waals surface area (Å²) in [6.45, 7) is 9.57. The van der Waals surface area contributed by atoms with Crippen molar-refractivity contribution in [2.45, 2.75) is 51.1 Å². The Kier molecular flexibility index (Phi) is 6.33. The average molecular weight is 341 g/mol. The highest BCUT2D eigenvalue weighted by molar-refractivity contribution is 7.89. The monoisotopic (exact) mass is 341 g/mol. The molecule has 1 atom stereocenters. The van der Waals surface area contributed by atoms with Gasteiger partial charge >= 0.3 is 0 Å². The molecule has 1 rings (SSSR count). The summed E-state index contributed by atoms with van der Waals surface area (Å²) in [6.07, 6.45) is 0. The number of nitrogens with one attached hydrogen (secondary N) is 1. The minimum atomic E-state index is -3.46. The number of hydrogen-bond donors (Lipinski definition) is 2. The lowest BCUT2D eigenvalue weighted by molar-refractivity contribution is -0.125. The Balaban J connectivity index is 2.95. The number of carbonyl (C=O) groups excluding carboxylic acids is 1. The van der Waals surface area contributed by atoms with Crippen molar-refractivity contribution < 1.29 is 13.2 Å². The van der Waals surface area contributed by atoms with Gasteiger partial charge in [0, 0.05) is 13.1 Å². The van der Waals surface area contributed by atoms with Crippen LogP contribution >= 0.6 is 0 Å². The summed E-state index contributed by atoms with van der Waals surface area (Å²) in [4.78, 5) is 12.2. The predicted molar refractivity (Wildman–Crippen MR) is 91.4 cm³/mol. The van der Waals surface area contributed by atoms with Gasteiger partial charge in [-0.15, -0.1) is 0 Å². The first-order chi connectivity index (χ1) is 10.5. The number of rotatable bonds is 7. The third-order valence-corrected chi connectivity index (χ3v) is 5.72. The molecule has 3 N–H and O–H groups in total. The smallest absolute Gasteiger partial charge is 0.243 e. The fourth-order valence-electron chi connectivity index (χ4n) is 2.11. The molecule has 0 radical (unpaired) electrons. The predicted octanol–water partition coefficient (Wildman–Crippen LogP) is 1.63. The molecular weight excluding hydrogens is 314 g/mol. The molecular formula is C16H27N3O3S. The van der Waals surface area contributed by atoms with Crippen LogP contribution in [0.4, 0.5) is 0 Å². The van der Waals surface area contributed by atoms with Crippen LogP contribution in [0.2, 0.25) is 0 Å². The molecule has 23 heavy (non-hydrogen) atoms. The summed E-state index contributed by atoms with van der Waals surface area (Å²) in [7, 11) is -3.46. The number of carbonyl (C=O) groups is 1. The fourth-order valence-corrected chi connectivity index (χ4v) is 3.57. The molecule has 7 heteroatoms. The Hall–Kier alpha value is -1.44. The Bertz CT molecular complexity index is 630. The van der Waals surface area contributed by atoms with Crippen molar-refractivity contribution >= 4 is 15.9 Å². The van der Waals surface area contributed by atoms with E-state index in [1.165, 1.54) is 4.31 Å². The molecule has 130 valence electrons. The highest BCUT2D eigenvalue weighted by atomic mass is 32.2. The standard InChI is InChI=1S/C16H27N3O3S/c1-6-19(7-2)23(21,22)14-10-8-13(9-11-14)12(3)18-15(20)16(4,5)17/h8-12H,6-7,17H2,1-5H3,(H,18,20). The van der Waals surface area contributed by atoms with Crippen LogP contribution in [-0.2, 0) is 14.8 Å². The van der Waals surface area contributed by atoms with Gasteiger partial charge in [-0.05, 0) is 38.5 Å². The van der Waals surface area contributed by atoms with Crippen LogP contribution in [0.25, 0.3) is 0 Å². The second kappa shape index (κ2) is 7.42. The van der Waals surface area contributed by atoms with Gasteiger partial charge in [0.25, 0.3) is 0 Å². The molecule has 0 aromatic heterocycles. The highest BCUT2D eigenvalue weighted by Crippen LogP contribution is 2.19. The third kappa shape index (κ3) is 4.76. The summed E-state index contributed by atoms with van der Waals surface area (Å²) < 4.78 is 26.3. The summed E-state index contributed by atoms with van der Waals surface area (Å²) in [5, 5.41) is 2.82. The van der Waals surface area contributed by atoms with Crippen LogP contribution in [0.5, 0.6) is 0 Å². The number of sulfonamides is 1. The summed E-state index contributed by atoms with van der Waals surface area (Å²) in [6, 6.07) is 6.31. The van der Waals surface area contributed by atoms with E-state index in [0.717, 1.165) is 5.56 Å². The second-order valence-electron chi connectivity index (χ2n) is 6.08. The van der Waals surface area contributed by atoms with E-state index >= 15 is 0 Å². The minimum absolute atomic E-state index is 0.252. The zero-order valence-corrected chi connectivity index (χ0v) is 15.3. The highest BCUT2D eigenvalue weighted by Gasteiger charge is 2.24. The SMILES string of the molecule is CCN(CC)S(=O)(=O)c1ccc(C(C)NC(=O)C(C)(C)N)cc1. The number of nitrogens with zero attached hydrogens (tertiary/aromatic N) is 1. The zero-order valence-electron chi connectivity index (χ0n) is 14.5. The topological polar surface area (TPSA) is 92.5 Å². The normalized spacial score (nSPS) is 13.9. The van der Waals surface area contributed by atoms with Crippen molar-refractivity contribution in [3.8, 4) is 0 Å². The molecule has 0 fully saturated rings. The maximum Gasteiger partial charge on any atom is 0.243 e. The van der Waals surface area contributed by atoms with E-state index in [4.69, 9.17) is 5.73 Å². The summed E-state index contributed by atoms with van der Waals surface area (Å²) >= 11 is 0. The van der Waals surface area contributed by atoms with E-state index in [2.05, 4.69) is 5.32 Å². The van der Waals surface area contributed by atoms with Crippen molar-refractivity contribution in [1.29, 1.82) is 0 Å². The van der Waals surface area contributed by atoms with Gasteiger partial charge in [0.05, 0.1) is 16.5 Å². The lowest BCUT2D eigenvalue weighted by atomic mass is 10.0. The van der Waals surface area contributed by atoms with Crippen LogP contribution in [0.1, 0.15) is 46.2 Å². The van der Waals surface area contributed by atoms with E-state index in [-0.39, 0.29) is 16.8 Å². The fraction of sp³-hybridized carbons (Fsp3) is 0.562. The summed E-state index contributed by atoms with van der Waals surface area (Å²) in [5.41, 5.74) is 5.62. The Morgan fingerprint density at radius 3 is 2.09 bits per heavy atom. The molecule has 0 bridgehead atoms. The van der Waals surface area contributed by atoms with Crippen LogP contribution < -0.4 is 11.1 Å². The van der Waals surface area contributed by atoms with Crippen LogP contribution in [0.3, 0.4) is 0 Å². The van der Waals surface area contributed by atoms with Crippen molar-refractivity contribution in [3.05, 3.63) is 29.8 Å². The Morgan fingerprint density at radius 2 is 1.70 bits per heavy atom. The largest absolute Gasteiger partial charge is 0.348 e. The molecule has 1 aromatic rings. The number of amides is 1. The third-order valence-electron chi connectivity index (χ3n) is 3.66. The lowest BCUT2D eigenvalue weighted by Crippen LogP contribution is -2.49. The lowest BCUT2D eigenvalue weighted by Gasteiger charge is -2.22. The van der Waals surface area contributed by atoms with Gasteiger partial charge in [0.2, 0.25) is 15.9 Å². The Labute approximate surface area is 139 Å². The van der Waals surface area contributed by atoms with E-state index in [1.54, 1.807) is 38.1 Å². The first kappa shape index (κ1) is 19.6. The zero-order chi connectivity index (χ0) is 17.8. The number of hydrogen-bond acceptors (Lipinski definition) is 4. The Morgan fingerprint density at radius 1 is 1.22 bits per heavy atom. The van der Waals surface area contributed by atoms with Gasteiger partial charge in [0.15, 0.2) is 0 Å². The van der Waals surface area contributed by atoms with Gasteiger partial charge < -0.3 is 11.1 Å². The van der Waals surface area contributed by atoms with Gasteiger partial charge in [-0.2, -0.15) is 4.31 Å². The van der Waals surface area contributed by atoms with E-state index in [9.17, 15) is 13.2 Å². The van der Waals surface area contributed by atoms with Crippen molar-refractivity contribution in [1.82, 2.24) is 9.62 Å². The molecule has 0 saturated carbocycles. The maximum absolute atomic E-state index is 12.4. The van der Waals surface area contributed by atoms with E-state index in [0.29, 0.717) is 13.1 Å². The van der Waals surface area contributed by atoms with Crippen LogP contribution in [0, 0.1) is 0 Å². The van der Waals surface area contributed by atoms with Crippen LogP contribution in [-0.4, -0.2) is 37.3 Å². The molecule has 0 saturated heterocycles. The van der Waals surface area contributed by atoms with Crippen molar-refractivity contribution in [3.63, 3.8) is 0 Å². The quantitative estimate of drug-likeness (QED) is 0.788. The van der Waals surface area contributed by atoms with Gasteiger partial charge in [-0.3, -0.25) is 4.79 Å². The molecule has 0 aliphatic heterocycles. The second-order valence-corrected chi connectivity index (χ2v) is 8.01. The number of nitrogens with two attached hydrogens (primary N) is 1. The van der Waals surface area contributed by atoms with E-state index < -0.39 is 15.6 Å². The van der Waals surface area contributed by atoms with Gasteiger partial charge in [-0.1, -0.05) is 26.0 Å². The molecule has 0 heterocycles. The molecule has 0 aliphatic carbocycles. The molecule has 1 unspecified atom stereocenters. The number of benzene rings is 1. The maximum atomic E-state index is 12.4. The van der Waals surface area contributed by atoms with Gasteiger partial charge in [-0.25, -0.2) is 8.42 Å². The molecule has 6 nitrogen and oxygen atoms in total. The van der Waals surface area contributed by atoms with Crippen molar-refractivity contribution in [2.75, 3.05) is 13.1 Å². The minimum Gasteiger partial charge on any atom is -0.348 e. The molecule has 0 aliphatic rings. The average Bonchev–Trinajstić information content (AvgIpc) is 2.47. The first-order valence-corrected chi connectivity index (χ1v) is 9.18.